The number of hydrogen-bond donors (Lipinski definition) is 2. The molecule has 9 heteroatoms. The summed E-state index contributed by atoms with van der Waals surface area (Å²) >= 11 is 2.89. The molecule has 1 unspecified atom stereocenters. The van der Waals surface area contributed by atoms with E-state index in [1.54, 1.807) is 0 Å². The van der Waals surface area contributed by atoms with Crippen LogP contribution in [0, 0.1) is 0 Å². The van der Waals surface area contributed by atoms with E-state index < -0.39 is 35.2 Å². The zero-order valence-corrected chi connectivity index (χ0v) is 12.3. The standard InChI is InChI=1S/C12H11BrF3NO4/c1-21-5-9(11(19)20)17-10(18)7-3-2-6(13)4-8(7)12(14,15)16/h2-4,9H,5H2,1H3,(H,17,18)(H,19,20). The van der Waals surface area contributed by atoms with Gasteiger partial charge in [0.2, 0.25) is 0 Å². The highest BCUT2D eigenvalue weighted by Crippen LogP contribution is 2.33. The predicted molar refractivity (Wildman–Crippen MR) is 69.9 cm³/mol. The molecule has 5 nitrogen and oxygen atoms in total. The number of nitrogens with one attached hydrogen (secondary N) is 1. The van der Waals surface area contributed by atoms with Gasteiger partial charge in [0, 0.05) is 11.6 Å². The molecule has 0 aliphatic heterocycles. The van der Waals surface area contributed by atoms with E-state index in [-0.39, 0.29) is 11.1 Å². The normalized spacial score (nSPS) is 12.8. The summed E-state index contributed by atoms with van der Waals surface area (Å²) in [6.45, 7) is -0.362. The first-order valence-electron chi connectivity index (χ1n) is 5.56. The molecule has 2 N–H and O–H groups in total. The summed E-state index contributed by atoms with van der Waals surface area (Å²) in [5, 5.41) is 10.8. The fourth-order valence-electron chi connectivity index (χ4n) is 1.53. The summed E-state index contributed by atoms with van der Waals surface area (Å²) in [6, 6.07) is 1.54. The van der Waals surface area contributed by atoms with E-state index in [1.165, 1.54) is 13.2 Å². The van der Waals surface area contributed by atoms with Crippen molar-refractivity contribution in [2.24, 2.45) is 0 Å². The highest BCUT2D eigenvalue weighted by atomic mass is 79.9. The van der Waals surface area contributed by atoms with Crippen LogP contribution in [0.1, 0.15) is 15.9 Å². The number of methoxy groups -OCH3 is 1. The highest BCUT2D eigenvalue weighted by molar-refractivity contribution is 9.10. The molecule has 0 spiro atoms. The van der Waals surface area contributed by atoms with Crippen molar-refractivity contribution in [2.75, 3.05) is 13.7 Å². The lowest BCUT2D eigenvalue weighted by atomic mass is 10.1. The van der Waals surface area contributed by atoms with Gasteiger partial charge >= 0.3 is 12.1 Å². The number of carboxylic acids is 1. The number of hydrogen-bond acceptors (Lipinski definition) is 3. The quantitative estimate of drug-likeness (QED) is 0.834. The molecule has 0 aromatic heterocycles. The Morgan fingerprint density at radius 2 is 2.05 bits per heavy atom. The van der Waals surface area contributed by atoms with Crippen molar-refractivity contribution >= 4 is 27.8 Å². The summed E-state index contributed by atoms with van der Waals surface area (Å²) in [5.74, 6) is -2.55. The second-order valence-corrected chi connectivity index (χ2v) is 4.92. The maximum atomic E-state index is 12.9. The number of amides is 1. The number of benzene rings is 1. The summed E-state index contributed by atoms with van der Waals surface area (Å²) in [4.78, 5) is 22.7. The number of halogens is 4. The molecule has 0 aliphatic rings. The predicted octanol–water partition coefficient (Wildman–Crippen LogP) is 2.30. The first-order chi connectivity index (χ1) is 9.66. The van der Waals surface area contributed by atoms with Gasteiger partial charge < -0.3 is 15.2 Å². The van der Waals surface area contributed by atoms with Gasteiger partial charge in [0.05, 0.1) is 17.7 Å². The summed E-state index contributed by atoms with van der Waals surface area (Å²) in [5.41, 5.74) is -1.82. The van der Waals surface area contributed by atoms with Crippen molar-refractivity contribution in [3.8, 4) is 0 Å². The van der Waals surface area contributed by atoms with Crippen molar-refractivity contribution in [1.29, 1.82) is 0 Å². The van der Waals surface area contributed by atoms with Crippen LogP contribution >= 0.6 is 15.9 Å². The van der Waals surface area contributed by atoms with E-state index in [9.17, 15) is 22.8 Å². The van der Waals surface area contributed by atoms with Gasteiger partial charge in [0.15, 0.2) is 6.04 Å². The highest BCUT2D eigenvalue weighted by Gasteiger charge is 2.36. The molecule has 0 aliphatic carbocycles. The molecule has 0 saturated carbocycles. The maximum Gasteiger partial charge on any atom is 0.417 e. The number of aliphatic carboxylic acids is 1. The molecule has 116 valence electrons. The van der Waals surface area contributed by atoms with Crippen LogP contribution in [0.25, 0.3) is 0 Å². The van der Waals surface area contributed by atoms with Crippen molar-refractivity contribution < 1.29 is 32.6 Å². The van der Waals surface area contributed by atoms with Crippen molar-refractivity contribution in [3.63, 3.8) is 0 Å². The lowest BCUT2D eigenvalue weighted by Crippen LogP contribution is -2.44. The SMILES string of the molecule is COCC(NC(=O)c1ccc(Br)cc1C(F)(F)F)C(=O)O. The van der Waals surface area contributed by atoms with E-state index in [1.807, 2.05) is 5.32 Å². The van der Waals surface area contributed by atoms with Crippen molar-refractivity contribution in [1.82, 2.24) is 5.32 Å². The first kappa shape index (κ1) is 17.4. The Balaban J connectivity index is 3.10. The van der Waals surface area contributed by atoms with Gasteiger partial charge in [-0.05, 0) is 18.2 Å². The van der Waals surface area contributed by atoms with Gasteiger partial charge in [0.25, 0.3) is 5.91 Å². The van der Waals surface area contributed by atoms with Gasteiger partial charge in [-0.25, -0.2) is 4.79 Å². The van der Waals surface area contributed by atoms with Crippen LogP contribution in [-0.2, 0) is 15.7 Å². The second kappa shape index (κ2) is 6.90. The maximum absolute atomic E-state index is 12.9. The number of carboxylic acid groups (broad SMARTS) is 1. The lowest BCUT2D eigenvalue weighted by molar-refractivity contribution is -0.140. The van der Waals surface area contributed by atoms with E-state index >= 15 is 0 Å². The summed E-state index contributed by atoms with van der Waals surface area (Å²) in [7, 11) is 1.21. The number of ether oxygens (including phenoxy) is 1. The molecule has 0 saturated heterocycles. The first-order valence-corrected chi connectivity index (χ1v) is 6.35. The van der Waals surface area contributed by atoms with Crippen LogP contribution in [-0.4, -0.2) is 36.7 Å². The summed E-state index contributed by atoms with van der Waals surface area (Å²) in [6.07, 6.45) is -4.74. The number of rotatable bonds is 5. The van der Waals surface area contributed by atoms with Crippen molar-refractivity contribution in [3.05, 3.63) is 33.8 Å². The minimum atomic E-state index is -4.74. The second-order valence-electron chi connectivity index (χ2n) is 4.01. The van der Waals surface area contributed by atoms with Gasteiger partial charge in [-0.2, -0.15) is 13.2 Å². The molecule has 0 bridgehead atoms. The molecular weight excluding hydrogens is 359 g/mol. The van der Waals surface area contributed by atoms with E-state index in [0.29, 0.717) is 0 Å². The molecule has 1 rings (SSSR count). The molecule has 0 fully saturated rings. The van der Waals surface area contributed by atoms with Crippen LogP contribution < -0.4 is 5.32 Å². The van der Waals surface area contributed by atoms with Crippen molar-refractivity contribution in [2.45, 2.75) is 12.2 Å². The summed E-state index contributed by atoms with van der Waals surface area (Å²) < 4.78 is 43.4. The third kappa shape index (κ3) is 4.71. The smallest absolute Gasteiger partial charge is 0.417 e. The van der Waals surface area contributed by atoms with Gasteiger partial charge in [-0.15, -0.1) is 0 Å². The Bertz CT molecular complexity index is 548. The van der Waals surface area contributed by atoms with Crippen LogP contribution in [0.2, 0.25) is 0 Å². The Kier molecular flexibility index (Phi) is 5.73. The Morgan fingerprint density at radius 1 is 1.43 bits per heavy atom. The van der Waals surface area contributed by atoms with E-state index in [2.05, 4.69) is 20.7 Å². The minimum absolute atomic E-state index is 0.151. The molecule has 1 atom stereocenters. The van der Waals surface area contributed by atoms with Crippen LogP contribution in [0.4, 0.5) is 13.2 Å². The minimum Gasteiger partial charge on any atom is -0.480 e. The monoisotopic (exact) mass is 369 g/mol. The topological polar surface area (TPSA) is 75.6 Å². The van der Waals surface area contributed by atoms with E-state index in [0.717, 1.165) is 12.1 Å². The lowest BCUT2D eigenvalue weighted by Gasteiger charge is -2.16. The van der Waals surface area contributed by atoms with Gasteiger partial charge in [-0.1, -0.05) is 15.9 Å². The zero-order valence-electron chi connectivity index (χ0n) is 10.7. The molecule has 1 amide bonds. The largest absolute Gasteiger partial charge is 0.480 e. The third-order valence-electron chi connectivity index (χ3n) is 2.47. The number of carbonyl (C=O) groups is 2. The fourth-order valence-corrected chi connectivity index (χ4v) is 1.89. The average molecular weight is 370 g/mol. The third-order valence-corrected chi connectivity index (χ3v) is 2.96. The average Bonchev–Trinajstić information content (AvgIpc) is 2.36. The Labute approximate surface area is 126 Å². The van der Waals surface area contributed by atoms with Crippen LogP contribution in [0.5, 0.6) is 0 Å². The Hall–Kier alpha value is -1.61. The molecular formula is C12H11BrF3NO4. The van der Waals surface area contributed by atoms with E-state index in [4.69, 9.17) is 5.11 Å². The van der Waals surface area contributed by atoms with Crippen LogP contribution in [0.3, 0.4) is 0 Å². The molecule has 1 aromatic carbocycles. The number of alkyl halides is 3. The fraction of sp³-hybridized carbons (Fsp3) is 0.333. The molecule has 21 heavy (non-hydrogen) atoms. The van der Waals surface area contributed by atoms with Crippen LogP contribution in [0.15, 0.2) is 22.7 Å². The zero-order chi connectivity index (χ0) is 16.2. The molecule has 0 heterocycles. The Morgan fingerprint density at radius 3 is 2.52 bits per heavy atom. The molecule has 1 aromatic rings. The van der Waals surface area contributed by atoms with Gasteiger partial charge in [-0.3, -0.25) is 4.79 Å². The van der Waals surface area contributed by atoms with Gasteiger partial charge in [0.1, 0.15) is 0 Å². The molecule has 0 radical (unpaired) electrons. The number of carbonyl (C=O) groups excluding carboxylic acids is 1.